The smallest absolute Gasteiger partial charge is 0.257 e. The molecule has 0 radical (unpaired) electrons. The van der Waals surface area contributed by atoms with E-state index in [4.69, 9.17) is 5.73 Å². The third-order valence-electron chi connectivity index (χ3n) is 2.92. The number of amides is 2. The van der Waals surface area contributed by atoms with Crippen molar-refractivity contribution in [2.75, 3.05) is 19.3 Å². The highest BCUT2D eigenvalue weighted by atomic mass is 19.1. The van der Waals surface area contributed by atoms with E-state index in [2.05, 4.69) is 5.32 Å². The molecule has 1 rings (SSSR count). The maximum Gasteiger partial charge on any atom is 0.257 e. The van der Waals surface area contributed by atoms with Crippen molar-refractivity contribution >= 4 is 17.5 Å². The molecule has 0 saturated carbocycles. The van der Waals surface area contributed by atoms with Crippen LogP contribution in [0.3, 0.4) is 0 Å². The van der Waals surface area contributed by atoms with E-state index in [0.717, 1.165) is 12.1 Å². The lowest BCUT2D eigenvalue weighted by Gasteiger charge is -2.20. The molecule has 1 unspecified atom stereocenters. The summed E-state index contributed by atoms with van der Waals surface area (Å²) in [7, 11) is 1.56. The fourth-order valence-corrected chi connectivity index (χ4v) is 1.59. The molecule has 0 bridgehead atoms. The molecule has 1 aromatic rings. The van der Waals surface area contributed by atoms with Crippen LogP contribution in [0, 0.1) is 11.6 Å². The Labute approximate surface area is 115 Å². The molecule has 0 saturated heterocycles. The van der Waals surface area contributed by atoms with Gasteiger partial charge in [0.1, 0.15) is 17.4 Å². The summed E-state index contributed by atoms with van der Waals surface area (Å²) in [6, 6.07) is 1.03. The van der Waals surface area contributed by atoms with E-state index in [1.165, 1.54) is 11.8 Å². The van der Waals surface area contributed by atoms with Gasteiger partial charge in [-0.15, -0.1) is 0 Å². The minimum Gasteiger partial charge on any atom is -0.396 e. The Hall–Kier alpha value is -2.18. The highest BCUT2D eigenvalue weighted by molar-refractivity contribution is 5.98. The molecule has 7 heteroatoms. The molecule has 110 valence electrons. The predicted molar refractivity (Wildman–Crippen MR) is 71.0 cm³/mol. The number of nitrogens with two attached hydrogens (primary N) is 1. The van der Waals surface area contributed by atoms with Crippen molar-refractivity contribution in [2.45, 2.75) is 19.9 Å². The molecule has 1 atom stereocenters. The van der Waals surface area contributed by atoms with E-state index in [9.17, 15) is 18.4 Å². The molecule has 0 aromatic heterocycles. The number of rotatable bonds is 4. The van der Waals surface area contributed by atoms with Crippen LogP contribution in [-0.4, -0.2) is 36.3 Å². The van der Waals surface area contributed by atoms with E-state index in [1.807, 2.05) is 0 Å². The number of hydrogen-bond acceptors (Lipinski definition) is 3. The van der Waals surface area contributed by atoms with E-state index in [0.29, 0.717) is 6.54 Å². The van der Waals surface area contributed by atoms with Crippen molar-refractivity contribution in [3.8, 4) is 0 Å². The highest BCUT2D eigenvalue weighted by Crippen LogP contribution is 2.18. The van der Waals surface area contributed by atoms with Crippen LogP contribution in [0.25, 0.3) is 0 Å². The van der Waals surface area contributed by atoms with Crippen LogP contribution < -0.4 is 11.1 Å². The van der Waals surface area contributed by atoms with Crippen LogP contribution in [0.15, 0.2) is 12.1 Å². The van der Waals surface area contributed by atoms with Crippen LogP contribution in [0.4, 0.5) is 14.5 Å². The molecule has 5 nitrogen and oxygen atoms in total. The minimum atomic E-state index is -1.13. The number of benzene rings is 1. The number of halogens is 2. The average molecular weight is 285 g/mol. The molecule has 0 fully saturated rings. The van der Waals surface area contributed by atoms with Crippen molar-refractivity contribution < 1.29 is 18.4 Å². The normalized spacial score (nSPS) is 11.8. The summed E-state index contributed by atoms with van der Waals surface area (Å²) in [6.45, 7) is 3.66. The summed E-state index contributed by atoms with van der Waals surface area (Å²) < 4.78 is 27.2. The van der Waals surface area contributed by atoms with Crippen LogP contribution in [0.1, 0.15) is 24.2 Å². The first-order valence-corrected chi connectivity index (χ1v) is 6.08. The van der Waals surface area contributed by atoms with E-state index < -0.39 is 29.1 Å². The number of nitrogens with one attached hydrogen (secondary N) is 1. The van der Waals surface area contributed by atoms with Gasteiger partial charge in [0.05, 0.1) is 5.69 Å². The predicted octanol–water partition coefficient (Wildman–Crippen LogP) is 1.14. The van der Waals surface area contributed by atoms with Gasteiger partial charge in [0.25, 0.3) is 5.91 Å². The van der Waals surface area contributed by atoms with Crippen LogP contribution in [-0.2, 0) is 4.79 Å². The molecule has 0 heterocycles. The lowest BCUT2D eigenvalue weighted by atomic mass is 10.1. The standard InChI is InChI=1S/C13H17F2N3O2/c1-4-18(3)13(20)7(2)17-12(19)10-8(14)5-6-9(16)11(10)15/h5-7H,4,16H2,1-3H3,(H,17,19). The van der Waals surface area contributed by atoms with Gasteiger partial charge >= 0.3 is 0 Å². The Balaban J connectivity index is 2.93. The molecule has 0 spiro atoms. The monoisotopic (exact) mass is 285 g/mol. The Morgan fingerprint density at radius 2 is 2.00 bits per heavy atom. The first kappa shape index (κ1) is 15.9. The Kier molecular flexibility index (Phi) is 5.01. The third-order valence-corrected chi connectivity index (χ3v) is 2.92. The van der Waals surface area contributed by atoms with Crippen molar-refractivity contribution in [1.29, 1.82) is 0 Å². The molecule has 20 heavy (non-hydrogen) atoms. The maximum atomic E-state index is 13.7. The molecule has 3 N–H and O–H groups in total. The van der Waals surface area contributed by atoms with Gasteiger partial charge in [-0.1, -0.05) is 0 Å². The molecule has 0 aliphatic rings. The molecule has 1 aromatic carbocycles. The number of likely N-dealkylation sites (N-methyl/N-ethyl adjacent to an activating group) is 1. The number of carbonyl (C=O) groups is 2. The second kappa shape index (κ2) is 6.31. The van der Waals surface area contributed by atoms with E-state index in [1.54, 1.807) is 14.0 Å². The van der Waals surface area contributed by atoms with Gasteiger partial charge in [-0.25, -0.2) is 8.78 Å². The van der Waals surface area contributed by atoms with Gasteiger partial charge in [-0.2, -0.15) is 0 Å². The van der Waals surface area contributed by atoms with E-state index in [-0.39, 0.29) is 11.6 Å². The molecule has 0 aliphatic carbocycles. The number of anilines is 1. The second-order valence-corrected chi connectivity index (χ2v) is 4.37. The summed E-state index contributed by atoms with van der Waals surface area (Å²) in [6.07, 6.45) is 0. The number of nitrogen functional groups attached to an aromatic ring is 1. The summed E-state index contributed by atoms with van der Waals surface area (Å²) >= 11 is 0. The molecular weight excluding hydrogens is 268 g/mol. The van der Waals surface area contributed by atoms with Crippen LogP contribution in [0.2, 0.25) is 0 Å². The average Bonchev–Trinajstić information content (AvgIpc) is 2.41. The number of carbonyl (C=O) groups excluding carboxylic acids is 2. The second-order valence-electron chi connectivity index (χ2n) is 4.37. The zero-order valence-electron chi connectivity index (χ0n) is 11.5. The van der Waals surface area contributed by atoms with Gasteiger partial charge < -0.3 is 16.0 Å². The minimum absolute atomic E-state index is 0.332. The maximum absolute atomic E-state index is 13.7. The van der Waals surface area contributed by atoms with Crippen LogP contribution >= 0.6 is 0 Å². The van der Waals surface area contributed by atoms with E-state index >= 15 is 0 Å². The van der Waals surface area contributed by atoms with Crippen molar-refractivity contribution in [2.24, 2.45) is 0 Å². The first-order chi connectivity index (χ1) is 9.29. The zero-order chi connectivity index (χ0) is 15.4. The summed E-state index contributed by atoms with van der Waals surface area (Å²) in [5.74, 6) is -3.54. The van der Waals surface area contributed by atoms with Crippen molar-refractivity contribution in [3.63, 3.8) is 0 Å². The Morgan fingerprint density at radius 3 is 2.55 bits per heavy atom. The topological polar surface area (TPSA) is 75.4 Å². The van der Waals surface area contributed by atoms with Gasteiger partial charge in [-0.3, -0.25) is 9.59 Å². The van der Waals surface area contributed by atoms with Gasteiger partial charge in [0, 0.05) is 13.6 Å². The van der Waals surface area contributed by atoms with Crippen molar-refractivity contribution in [3.05, 3.63) is 29.3 Å². The quantitative estimate of drug-likeness (QED) is 0.815. The summed E-state index contributed by atoms with van der Waals surface area (Å²) in [5.41, 5.74) is 4.17. The fourth-order valence-electron chi connectivity index (χ4n) is 1.59. The first-order valence-electron chi connectivity index (χ1n) is 6.08. The summed E-state index contributed by atoms with van der Waals surface area (Å²) in [5, 5.41) is 2.25. The Morgan fingerprint density at radius 1 is 1.40 bits per heavy atom. The molecular formula is C13H17F2N3O2. The van der Waals surface area contributed by atoms with Crippen LogP contribution in [0.5, 0.6) is 0 Å². The lowest BCUT2D eigenvalue weighted by molar-refractivity contribution is -0.131. The van der Waals surface area contributed by atoms with Gasteiger partial charge in [0.15, 0.2) is 5.82 Å². The fraction of sp³-hybridized carbons (Fsp3) is 0.385. The highest BCUT2D eigenvalue weighted by Gasteiger charge is 2.24. The number of nitrogens with zero attached hydrogens (tertiary/aromatic N) is 1. The van der Waals surface area contributed by atoms with Crippen molar-refractivity contribution in [1.82, 2.24) is 10.2 Å². The van der Waals surface area contributed by atoms with Gasteiger partial charge in [0.2, 0.25) is 5.91 Å². The lowest BCUT2D eigenvalue weighted by Crippen LogP contribution is -2.45. The molecule has 0 aliphatic heterocycles. The number of hydrogen-bond donors (Lipinski definition) is 2. The molecule has 2 amide bonds. The third kappa shape index (κ3) is 3.23. The summed E-state index contributed by atoms with van der Waals surface area (Å²) in [4.78, 5) is 25.0. The van der Waals surface area contributed by atoms with Gasteiger partial charge in [-0.05, 0) is 26.0 Å². The Bertz CT molecular complexity index is 535. The largest absolute Gasteiger partial charge is 0.396 e. The SMILES string of the molecule is CCN(C)C(=O)C(C)NC(=O)c1c(F)ccc(N)c1F. The zero-order valence-corrected chi connectivity index (χ0v) is 11.5.